The van der Waals surface area contributed by atoms with Crippen LogP contribution in [0.2, 0.25) is 0 Å². The first kappa shape index (κ1) is 20.8. The summed E-state index contributed by atoms with van der Waals surface area (Å²) in [6.45, 7) is 3.83. The van der Waals surface area contributed by atoms with Gasteiger partial charge in [0.15, 0.2) is 6.10 Å². The van der Waals surface area contributed by atoms with Crippen LogP contribution < -0.4 is 10.6 Å². The van der Waals surface area contributed by atoms with Crippen LogP contribution in [0.1, 0.15) is 55.5 Å². The van der Waals surface area contributed by atoms with E-state index in [1.165, 1.54) is 6.42 Å². The molecule has 4 amide bonds. The highest BCUT2D eigenvalue weighted by Crippen LogP contribution is 2.23. The Labute approximate surface area is 170 Å². The van der Waals surface area contributed by atoms with E-state index < -0.39 is 18.1 Å². The van der Waals surface area contributed by atoms with Crippen LogP contribution in [0, 0.1) is 5.92 Å². The molecule has 0 radical (unpaired) electrons. The molecule has 0 bridgehead atoms. The van der Waals surface area contributed by atoms with Gasteiger partial charge in [-0.15, -0.1) is 0 Å². The molecule has 2 N–H and O–H groups in total. The largest absolute Gasteiger partial charge is 0.449 e. The Bertz CT molecular complexity index is 776. The van der Waals surface area contributed by atoms with Crippen LogP contribution in [0.3, 0.4) is 0 Å². The monoisotopic (exact) mass is 401 g/mol. The average molecular weight is 401 g/mol. The van der Waals surface area contributed by atoms with Crippen molar-refractivity contribution in [1.82, 2.24) is 15.5 Å². The molecule has 29 heavy (non-hydrogen) atoms. The van der Waals surface area contributed by atoms with Crippen molar-refractivity contribution in [3.05, 3.63) is 35.4 Å². The Morgan fingerprint density at radius 2 is 1.90 bits per heavy atom. The smallest absolute Gasteiger partial charge is 0.338 e. The van der Waals surface area contributed by atoms with Crippen molar-refractivity contribution in [3.8, 4) is 0 Å². The van der Waals surface area contributed by atoms with Gasteiger partial charge in [0.25, 0.3) is 5.91 Å². The molecule has 8 nitrogen and oxygen atoms in total. The Morgan fingerprint density at radius 3 is 2.52 bits per heavy atom. The second kappa shape index (κ2) is 9.07. The highest BCUT2D eigenvalue weighted by Gasteiger charge is 2.29. The fourth-order valence-corrected chi connectivity index (χ4v) is 3.66. The van der Waals surface area contributed by atoms with Crippen LogP contribution >= 0.6 is 0 Å². The number of hydrogen-bond donors (Lipinski definition) is 2. The summed E-state index contributed by atoms with van der Waals surface area (Å²) in [5.41, 5.74) is 1.01. The first-order valence-electron chi connectivity index (χ1n) is 10.0. The van der Waals surface area contributed by atoms with E-state index in [2.05, 4.69) is 17.6 Å². The van der Waals surface area contributed by atoms with Crippen LogP contribution in [-0.2, 0) is 20.9 Å². The van der Waals surface area contributed by atoms with Crippen molar-refractivity contribution < 1.29 is 23.9 Å². The number of carbonyl (C=O) groups excluding carboxylic acids is 4. The molecule has 3 rings (SSSR count). The number of imide groups is 1. The lowest BCUT2D eigenvalue weighted by atomic mass is 9.86. The third-order valence-electron chi connectivity index (χ3n) is 5.56. The standard InChI is InChI=1S/C21H27N3O5/c1-13-5-3-4-6-17(13)23-19(26)14(2)29-20(27)16-9-7-15(8-10-16)12-24-18(25)11-22-21(24)28/h7-10,13-14,17H,3-6,11-12H2,1-2H3,(H,22,28)(H,23,26). The molecule has 3 unspecified atom stereocenters. The van der Waals surface area contributed by atoms with Gasteiger partial charge in [-0.05, 0) is 43.4 Å². The number of hydrogen-bond acceptors (Lipinski definition) is 5. The molecule has 8 heteroatoms. The molecule has 1 aliphatic carbocycles. The molecule has 1 heterocycles. The van der Waals surface area contributed by atoms with Gasteiger partial charge >= 0.3 is 12.0 Å². The second-order valence-electron chi connectivity index (χ2n) is 7.76. The van der Waals surface area contributed by atoms with E-state index in [-0.39, 0.29) is 30.9 Å². The number of benzene rings is 1. The van der Waals surface area contributed by atoms with Crippen LogP contribution in [0.5, 0.6) is 0 Å². The lowest BCUT2D eigenvalue weighted by Crippen LogP contribution is -2.45. The van der Waals surface area contributed by atoms with Crippen LogP contribution in [-0.4, -0.2) is 47.4 Å². The Morgan fingerprint density at radius 1 is 1.21 bits per heavy atom. The molecule has 2 fully saturated rings. The van der Waals surface area contributed by atoms with E-state index in [9.17, 15) is 19.2 Å². The maximum atomic E-state index is 12.4. The lowest BCUT2D eigenvalue weighted by Gasteiger charge is -2.30. The van der Waals surface area contributed by atoms with Gasteiger partial charge in [-0.3, -0.25) is 14.5 Å². The Balaban J connectivity index is 1.52. The van der Waals surface area contributed by atoms with Crippen molar-refractivity contribution in [1.29, 1.82) is 0 Å². The summed E-state index contributed by atoms with van der Waals surface area (Å²) in [6.07, 6.45) is 3.44. The molecule has 1 aliphatic heterocycles. The number of carbonyl (C=O) groups is 4. The van der Waals surface area contributed by atoms with E-state index in [1.807, 2.05) is 0 Å². The first-order chi connectivity index (χ1) is 13.8. The summed E-state index contributed by atoms with van der Waals surface area (Å²) in [6, 6.07) is 6.13. The number of ether oxygens (including phenoxy) is 1. The van der Waals surface area contributed by atoms with E-state index >= 15 is 0 Å². The molecule has 1 aromatic carbocycles. The van der Waals surface area contributed by atoms with Crippen LogP contribution in [0.15, 0.2) is 24.3 Å². The summed E-state index contributed by atoms with van der Waals surface area (Å²) >= 11 is 0. The molecule has 2 aliphatic rings. The number of nitrogens with one attached hydrogen (secondary N) is 2. The van der Waals surface area contributed by atoms with Gasteiger partial charge in [0.1, 0.15) is 0 Å². The van der Waals surface area contributed by atoms with Gasteiger partial charge in [0.05, 0.1) is 18.7 Å². The molecule has 3 atom stereocenters. The van der Waals surface area contributed by atoms with Gasteiger partial charge in [0.2, 0.25) is 5.91 Å². The third-order valence-corrected chi connectivity index (χ3v) is 5.56. The van der Waals surface area contributed by atoms with Crippen molar-refractivity contribution in [2.75, 3.05) is 6.54 Å². The maximum absolute atomic E-state index is 12.4. The Hall–Kier alpha value is -2.90. The minimum Gasteiger partial charge on any atom is -0.449 e. The average Bonchev–Trinajstić information content (AvgIpc) is 3.02. The minimum atomic E-state index is -0.887. The van der Waals surface area contributed by atoms with Gasteiger partial charge < -0.3 is 15.4 Å². The second-order valence-corrected chi connectivity index (χ2v) is 7.76. The van der Waals surface area contributed by atoms with Gasteiger partial charge in [-0.2, -0.15) is 0 Å². The molecule has 156 valence electrons. The number of amides is 4. The quantitative estimate of drug-likeness (QED) is 0.560. The number of rotatable bonds is 6. The number of urea groups is 1. The fraction of sp³-hybridized carbons (Fsp3) is 0.524. The molecular weight excluding hydrogens is 374 g/mol. The Kier molecular flexibility index (Phi) is 6.51. The molecule has 1 aromatic rings. The van der Waals surface area contributed by atoms with Gasteiger partial charge in [-0.1, -0.05) is 31.9 Å². The van der Waals surface area contributed by atoms with Crippen LogP contribution in [0.25, 0.3) is 0 Å². The zero-order valence-electron chi connectivity index (χ0n) is 16.8. The topological polar surface area (TPSA) is 105 Å². The van der Waals surface area contributed by atoms with Crippen molar-refractivity contribution >= 4 is 23.8 Å². The van der Waals surface area contributed by atoms with E-state index in [1.54, 1.807) is 31.2 Å². The summed E-state index contributed by atoms with van der Waals surface area (Å²) in [7, 11) is 0. The summed E-state index contributed by atoms with van der Waals surface area (Å²) in [5, 5.41) is 5.45. The first-order valence-corrected chi connectivity index (χ1v) is 10.0. The molecule has 0 spiro atoms. The lowest BCUT2D eigenvalue weighted by molar-refractivity contribution is -0.130. The predicted molar refractivity (Wildman–Crippen MR) is 105 cm³/mol. The fourth-order valence-electron chi connectivity index (χ4n) is 3.66. The third kappa shape index (κ3) is 5.13. The van der Waals surface area contributed by atoms with Gasteiger partial charge in [0, 0.05) is 6.04 Å². The SMILES string of the molecule is CC(OC(=O)c1ccc(CN2C(=O)CNC2=O)cc1)C(=O)NC1CCCCC1C. The zero-order valence-corrected chi connectivity index (χ0v) is 16.8. The van der Waals surface area contributed by atoms with E-state index in [0.29, 0.717) is 17.0 Å². The van der Waals surface area contributed by atoms with E-state index in [0.717, 1.165) is 24.2 Å². The maximum Gasteiger partial charge on any atom is 0.338 e. The summed E-state index contributed by atoms with van der Waals surface area (Å²) < 4.78 is 5.30. The van der Waals surface area contributed by atoms with Gasteiger partial charge in [-0.25, -0.2) is 9.59 Å². The summed E-state index contributed by atoms with van der Waals surface area (Å²) in [4.78, 5) is 49.1. The highest BCUT2D eigenvalue weighted by molar-refractivity contribution is 6.01. The number of nitrogens with zero attached hydrogens (tertiary/aromatic N) is 1. The summed E-state index contributed by atoms with van der Waals surface area (Å²) in [5.74, 6) is -0.739. The molecule has 1 saturated carbocycles. The van der Waals surface area contributed by atoms with Crippen molar-refractivity contribution in [2.45, 2.75) is 58.2 Å². The number of esters is 1. The molecule has 0 aromatic heterocycles. The zero-order chi connectivity index (χ0) is 21.0. The minimum absolute atomic E-state index is 0.00281. The molecule has 1 saturated heterocycles. The van der Waals surface area contributed by atoms with Crippen LogP contribution in [0.4, 0.5) is 4.79 Å². The molecular formula is C21H27N3O5. The van der Waals surface area contributed by atoms with Crippen molar-refractivity contribution in [3.63, 3.8) is 0 Å². The highest BCUT2D eigenvalue weighted by atomic mass is 16.5. The predicted octanol–water partition coefficient (Wildman–Crippen LogP) is 1.98. The van der Waals surface area contributed by atoms with Crippen molar-refractivity contribution in [2.24, 2.45) is 5.92 Å². The van der Waals surface area contributed by atoms with E-state index in [4.69, 9.17) is 4.74 Å². The normalized spacial score (nSPS) is 22.8.